The van der Waals surface area contributed by atoms with Crippen molar-refractivity contribution < 1.29 is 24.5 Å². The Morgan fingerprint density at radius 2 is 1.70 bits per heavy atom. The van der Waals surface area contributed by atoms with Crippen LogP contribution >= 0.6 is 0 Å². The Morgan fingerprint density at radius 3 is 2.19 bits per heavy atom. The number of ether oxygens (including phenoxy) is 1. The van der Waals surface area contributed by atoms with Gasteiger partial charge in [-0.25, -0.2) is 9.59 Å². The van der Waals surface area contributed by atoms with Gasteiger partial charge in [-0.05, 0) is 38.8 Å². The van der Waals surface area contributed by atoms with Crippen LogP contribution in [0, 0.1) is 0 Å². The molecule has 0 spiro atoms. The number of likely N-dealkylation sites (tertiary alicyclic amines) is 1. The average Bonchev–Trinajstić information content (AvgIpc) is 2.63. The Kier molecular flexibility index (Phi) is 8.15. The number of rotatable bonds is 3. The van der Waals surface area contributed by atoms with Gasteiger partial charge in [0, 0.05) is 45.0 Å². The highest BCUT2D eigenvalue weighted by molar-refractivity contribution is 6.27. The molecule has 1 aromatic heterocycles. The summed E-state index contributed by atoms with van der Waals surface area (Å²) in [6.45, 7) is 9.93. The maximum absolute atomic E-state index is 9.10. The van der Waals surface area contributed by atoms with Crippen molar-refractivity contribution in [3.8, 4) is 0 Å². The van der Waals surface area contributed by atoms with Crippen LogP contribution in [0.15, 0.2) is 24.4 Å². The first-order chi connectivity index (χ1) is 12.8. The summed E-state index contributed by atoms with van der Waals surface area (Å²) in [5.41, 5.74) is 1.18. The number of hydrogen-bond acceptors (Lipinski definition) is 6. The molecule has 2 unspecified atom stereocenters. The topological polar surface area (TPSA) is 103 Å². The lowest BCUT2D eigenvalue weighted by Crippen LogP contribution is -2.53. The molecule has 0 saturated carbocycles. The average molecular weight is 379 g/mol. The quantitative estimate of drug-likeness (QED) is 0.758. The summed E-state index contributed by atoms with van der Waals surface area (Å²) in [5, 5.41) is 14.8. The van der Waals surface area contributed by atoms with Crippen LogP contribution in [0.1, 0.15) is 32.4 Å². The van der Waals surface area contributed by atoms with Crippen molar-refractivity contribution in [1.29, 1.82) is 0 Å². The first-order valence-corrected chi connectivity index (χ1v) is 9.33. The van der Waals surface area contributed by atoms with Gasteiger partial charge in [-0.1, -0.05) is 6.07 Å². The summed E-state index contributed by atoms with van der Waals surface area (Å²) in [6.07, 6.45) is 5.18. The summed E-state index contributed by atoms with van der Waals surface area (Å²) in [7, 11) is 0. The second-order valence-corrected chi connectivity index (χ2v) is 7.15. The van der Waals surface area contributed by atoms with E-state index >= 15 is 0 Å². The molecule has 2 fully saturated rings. The first kappa shape index (κ1) is 21.3. The molecule has 2 N–H and O–H groups in total. The monoisotopic (exact) mass is 379 g/mol. The normalized spacial score (nSPS) is 24.7. The minimum Gasteiger partial charge on any atom is -0.473 e. The van der Waals surface area contributed by atoms with E-state index in [9.17, 15) is 0 Å². The largest absolute Gasteiger partial charge is 0.473 e. The molecule has 8 heteroatoms. The van der Waals surface area contributed by atoms with Gasteiger partial charge in [0.1, 0.15) is 0 Å². The van der Waals surface area contributed by atoms with Gasteiger partial charge < -0.3 is 14.9 Å². The smallest absolute Gasteiger partial charge is 0.414 e. The standard InChI is InChI=1S/C17H27N3O.C2H2O4/c1-14-11-20(12-15(2)21-14)17-6-9-19(10-7-17)13-16-5-3-4-8-18-16;3-1(4)2(5)6/h3-5,8,14-15,17H,6-7,9-13H2,1-2H3;(H,3,4)(H,5,6). The van der Waals surface area contributed by atoms with Gasteiger partial charge in [0.2, 0.25) is 0 Å². The van der Waals surface area contributed by atoms with Crippen LogP contribution in [0.25, 0.3) is 0 Å². The molecule has 2 saturated heterocycles. The zero-order valence-electron chi connectivity index (χ0n) is 16.0. The maximum Gasteiger partial charge on any atom is 0.414 e. The third-order valence-corrected chi connectivity index (χ3v) is 4.82. The molecule has 8 nitrogen and oxygen atoms in total. The number of carboxylic acid groups (broad SMARTS) is 2. The molecule has 0 aromatic carbocycles. The van der Waals surface area contributed by atoms with E-state index in [2.05, 4.69) is 40.8 Å². The van der Waals surface area contributed by atoms with Crippen molar-refractivity contribution in [3.05, 3.63) is 30.1 Å². The van der Waals surface area contributed by atoms with Gasteiger partial charge in [-0.2, -0.15) is 0 Å². The second kappa shape index (κ2) is 10.3. The summed E-state index contributed by atoms with van der Waals surface area (Å²) >= 11 is 0. The highest BCUT2D eigenvalue weighted by Gasteiger charge is 2.30. The van der Waals surface area contributed by atoms with Crippen molar-refractivity contribution in [2.75, 3.05) is 26.2 Å². The molecule has 0 aliphatic carbocycles. The van der Waals surface area contributed by atoms with E-state index in [1.165, 1.54) is 31.6 Å². The van der Waals surface area contributed by atoms with Crippen LogP contribution in [0.3, 0.4) is 0 Å². The molecular weight excluding hydrogens is 350 g/mol. The van der Waals surface area contributed by atoms with Gasteiger partial charge in [0.25, 0.3) is 0 Å². The molecular formula is C19H29N3O5. The fourth-order valence-electron chi connectivity index (χ4n) is 3.68. The molecule has 150 valence electrons. The van der Waals surface area contributed by atoms with Crippen LogP contribution in [0.2, 0.25) is 0 Å². The molecule has 0 bridgehead atoms. The van der Waals surface area contributed by atoms with Crippen LogP contribution in [-0.4, -0.2) is 81.4 Å². The predicted molar refractivity (Wildman–Crippen MR) is 99.4 cm³/mol. The zero-order valence-corrected chi connectivity index (χ0v) is 16.0. The van der Waals surface area contributed by atoms with Gasteiger partial charge in [-0.3, -0.25) is 14.8 Å². The Labute approximate surface area is 159 Å². The van der Waals surface area contributed by atoms with E-state index in [1.807, 2.05) is 12.3 Å². The zero-order chi connectivity index (χ0) is 19.8. The Hall–Kier alpha value is -2.03. The number of morpholine rings is 1. The molecule has 1 aromatic rings. The predicted octanol–water partition coefficient (Wildman–Crippen LogP) is 1.31. The molecule has 3 heterocycles. The Bertz CT molecular complexity index is 583. The summed E-state index contributed by atoms with van der Waals surface area (Å²) < 4.78 is 5.85. The fraction of sp³-hybridized carbons (Fsp3) is 0.632. The van der Waals surface area contributed by atoms with Gasteiger partial charge in [0.05, 0.1) is 17.9 Å². The Balaban J connectivity index is 0.000000380. The van der Waals surface area contributed by atoms with Crippen molar-refractivity contribution >= 4 is 11.9 Å². The van der Waals surface area contributed by atoms with E-state index in [0.717, 1.165) is 25.7 Å². The van der Waals surface area contributed by atoms with E-state index in [0.29, 0.717) is 12.2 Å². The molecule has 2 atom stereocenters. The summed E-state index contributed by atoms with van der Waals surface area (Å²) in [6, 6.07) is 6.92. The van der Waals surface area contributed by atoms with E-state index in [1.54, 1.807) is 0 Å². The van der Waals surface area contributed by atoms with Crippen molar-refractivity contribution in [3.63, 3.8) is 0 Å². The van der Waals surface area contributed by atoms with E-state index in [-0.39, 0.29) is 0 Å². The minimum absolute atomic E-state index is 0.375. The highest BCUT2D eigenvalue weighted by Crippen LogP contribution is 2.22. The number of piperidine rings is 1. The summed E-state index contributed by atoms with van der Waals surface area (Å²) in [4.78, 5) is 27.8. The molecule has 0 amide bonds. The van der Waals surface area contributed by atoms with Crippen LogP contribution in [-0.2, 0) is 20.9 Å². The molecule has 0 radical (unpaired) electrons. The second-order valence-electron chi connectivity index (χ2n) is 7.15. The van der Waals surface area contributed by atoms with Crippen LogP contribution in [0.5, 0.6) is 0 Å². The maximum atomic E-state index is 9.10. The number of aromatic nitrogens is 1. The molecule has 2 aliphatic heterocycles. The number of carboxylic acids is 2. The highest BCUT2D eigenvalue weighted by atomic mass is 16.5. The van der Waals surface area contributed by atoms with Crippen molar-refractivity contribution in [1.82, 2.24) is 14.8 Å². The number of pyridine rings is 1. The number of carbonyl (C=O) groups is 2. The number of hydrogen-bond donors (Lipinski definition) is 2. The third kappa shape index (κ3) is 7.24. The van der Waals surface area contributed by atoms with Crippen molar-refractivity contribution in [2.24, 2.45) is 0 Å². The van der Waals surface area contributed by atoms with Gasteiger partial charge in [0.15, 0.2) is 0 Å². The lowest BCUT2D eigenvalue weighted by atomic mass is 10.0. The fourth-order valence-corrected chi connectivity index (χ4v) is 3.68. The SMILES string of the molecule is CC1CN(C2CCN(Cc3ccccn3)CC2)CC(C)O1.O=C(O)C(=O)O. The molecule has 27 heavy (non-hydrogen) atoms. The number of aliphatic carboxylic acids is 2. The number of nitrogens with zero attached hydrogens (tertiary/aromatic N) is 3. The first-order valence-electron chi connectivity index (χ1n) is 9.33. The van der Waals surface area contributed by atoms with Gasteiger partial charge >= 0.3 is 11.9 Å². The van der Waals surface area contributed by atoms with E-state index < -0.39 is 11.9 Å². The van der Waals surface area contributed by atoms with Gasteiger partial charge in [-0.15, -0.1) is 0 Å². The van der Waals surface area contributed by atoms with Crippen LogP contribution in [0.4, 0.5) is 0 Å². The lowest BCUT2D eigenvalue weighted by molar-refractivity contribution is -0.159. The summed E-state index contributed by atoms with van der Waals surface area (Å²) in [5.74, 6) is -3.65. The third-order valence-electron chi connectivity index (χ3n) is 4.82. The molecule has 3 rings (SSSR count). The van der Waals surface area contributed by atoms with Crippen molar-refractivity contribution in [2.45, 2.75) is 51.5 Å². The molecule has 2 aliphatic rings. The minimum atomic E-state index is -1.82. The lowest BCUT2D eigenvalue weighted by Gasteiger charge is -2.43. The van der Waals surface area contributed by atoms with Crippen LogP contribution < -0.4 is 0 Å². The van der Waals surface area contributed by atoms with E-state index in [4.69, 9.17) is 24.5 Å². The Morgan fingerprint density at radius 1 is 1.11 bits per heavy atom.